The van der Waals surface area contributed by atoms with Gasteiger partial charge in [0.25, 0.3) is 0 Å². The second kappa shape index (κ2) is 5.19. The molecule has 17 heavy (non-hydrogen) atoms. The maximum atomic E-state index is 9.54. The summed E-state index contributed by atoms with van der Waals surface area (Å²) in [5.41, 5.74) is 3.76. The number of aromatic nitrogens is 2. The van der Waals surface area contributed by atoms with Gasteiger partial charge in [-0.1, -0.05) is 6.92 Å². The Kier molecular flexibility index (Phi) is 3.84. The molecular formula is C13H23N3O. The van der Waals surface area contributed by atoms with Crippen LogP contribution in [0.5, 0.6) is 0 Å². The topological polar surface area (TPSA) is 41.3 Å². The molecule has 4 heteroatoms. The van der Waals surface area contributed by atoms with Gasteiger partial charge >= 0.3 is 0 Å². The van der Waals surface area contributed by atoms with Gasteiger partial charge in [0.15, 0.2) is 0 Å². The number of nitrogens with zero attached hydrogens (tertiary/aromatic N) is 3. The van der Waals surface area contributed by atoms with E-state index in [9.17, 15) is 5.11 Å². The molecule has 0 radical (unpaired) electrons. The normalized spacial score (nSPS) is 21.3. The van der Waals surface area contributed by atoms with Gasteiger partial charge in [0.05, 0.1) is 11.8 Å². The number of β-amino-alcohol motifs (C(OH)–C–C–N with tert-alkyl or cyclic N) is 1. The van der Waals surface area contributed by atoms with E-state index in [0.717, 1.165) is 44.7 Å². The molecule has 4 nitrogen and oxygen atoms in total. The number of rotatable bonds is 4. The van der Waals surface area contributed by atoms with Crippen LogP contribution in [0.3, 0.4) is 0 Å². The monoisotopic (exact) mass is 237 g/mol. The van der Waals surface area contributed by atoms with Crippen molar-refractivity contribution in [2.75, 3.05) is 13.1 Å². The third-order valence-corrected chi connectivity index (χ3v) is 3.60. The second-order valence-corrected chi connectivity index (χ2v) is 5.05. The lowest BCUT2D eigenvalue weighted by Gasteiger charge is -2.15. The fourth-order valence-electron chi connectivity index (χ4n) is 2.57. The summed E-state index contributed by atoms with van der Waals surface area (Å²) in [6, 6.07) is 0. The van der Waals surface area contributed by atoms with Crippen LogP contribution in [0.15, 0.2) is 0 Å². The standard InChI is InChI=1S/C13H23N3O/c1-4-6-16-11(3)13(10(2)14-16)9-15-7-5-12(17)8-15/h12,17H,4-9H2,1-3H3/t12-/m1/s1. The molecule has 96 valence electrons. The average Bonchev–Trinajstić information content (AvgIpc) is 2.79. The Morgan fingerprint density at radius 3 is 2.76 bits per heavy atom. The first-order chi connectivity index (χ1) is 8.11. The van der Waals surface area contributed by atoms with E-state index >= 15 is 0 Å². The Morgan fingerprint density at radius 2 is 2.18 bits per heavy atom. The van der Waals surface area contributed by atoms with Gasteiger partial charge in [-0.2, -0.15) is 5.10 Å². The third-order valence-electron chi connectivity index (χ3n) is 3.60. The predicted octanol–water partition coefficient (Wildman–Crippen LogP) is 1.48. The molecule has 1 saturated heterocycles. The van der Waals surface area contributed by atoms with Crippen LogP contribution in [0.2, 0.25) is 0 Å². The fourth-order valence-corrected chi connectivity index (χ4v) is 2.57. The minimum absolute atomic E-state index is 0.138. The van der Waals surface area contributed by atoms with Crippen molar-refractivity contribution in [3.8, 4) is 0 Å². The van der Waals surface area contributed by atoms with Gasteiger partial charge in [-0.25, -0.2) is 0 Å². The summed E-state index contributed by atoms with van der Waals surface area (Å²) in [5, 5.41) is 14.1. The second-order valence-electron chi connectivity index (χ2n) is 5.05. The van der Waals surface area contributed by atoms with Crippen LogP contribution in [0, 0.1) is 13.8 Å². The molecule has 1 aromatic heterocycles. The molecule has 1 aliphatic rings. The molecule has 0 spiro atoms. The Balaban J connectivity index is 2.10. The highest BCUT2D eigenvalue weighted by Gasteiger charge is 2.22. The summed E-state index contributed by atoms with van der Waals surface area (Å²) in [6.45, 7) is 10.1. The zero-order valence-electron chi connectivity index (χ0n) is 11.1. The lowest BCUT2D eigenvalue weighted by atomic mass is 10.2. The van der Waals surface area contributed by atoms with Crippen molar-refractivity contribution < 1.29 is 5.11 Å². The molecule has 0 aliphatic carbocycles. The van der Waals surface area contributed by atoms with Crippen LogP contribution in [0.4, 0.5) is 0 Å². The van der Waals surface area contributed by atoms with Gasteiger partial charge in [-0.3, -0.25) is 9.58 Å². The summed E-state index contributed by atoms with van der Waals surface area (Å²) >= 11 is 0. The van der Waals surface area contributed by atoms with Crippen LogP contribution in [0.25, 0.3) is 0 Å². The number of aliphatic hydroxyl groups excluding tert-OH is 1. The van der Waals surface area contributed by atoms with Crippen molar-refractivity contribution in [3.63, 3.8) is 0 Å². The van der Waals surface area contributed by atoms with Crippen LogP contribution in [-0.4, -0.2) is 39.0 Å². The molecule has 1 aromatic rings. The van der Waals surface area contributed by atoms with Gasteiger partial charge in [0.1, 0.15) is 0 Å². The smallest absolute Gasteiger partial charge is 0.0679 e. The van der Waals surface area contributed by atoms with Crippen molar-refractivity contribution in [3.05, 3.63) is 17.0 Å². The summed E-state index contributed by atoms with van der Waals surface area (Å²) in [5.74, 6) is 0. The van der Waals surface area contributed by atoms with Crippen LogP contribution < -0.4 is 0 Å². The van der Waals surface area contributed by atoms with E-state index in [1.54, 1.807) is 0 Å². The largest absolute Gasteiger partial charge is 0.392 e. The molecule has 0 unspecified atom stereocenters. The predicted molar refractivity (Wildman–Crippen MR) is 67.9 cm³/mol. The minimum Gasteiger partial charge on any atom is -0.392 e. The number of aryl methyl sites for hydroxylation is 2. The van der Waals surface area contributed by atoms with Crippen molar-refractivity contribution in [1.29, 1.82) is 0 Å². The summed E-state index contributed by atoms with van der Waals surface area (Å²) < 4.78 is 2.11. The third kappa shape index (κ3) is 2.69. The Hall–Kier alpha value is -0.870. The molecule has 1 N–H and O–H groups in total. The van der Waals surface area contributed by atoms with E-state index in [1.165, 1.54) is 11.3 Å². The van der Waals surface area contributed by atoms with E-state index in [-0.39, 0.29) is 6.10 Å². The highest BCUT2D eigenvalue weighted by molar-refractivity contribution is 5.24. The Morgan fingerprint density at radius 1 is 1.41 bits per heavy atom. The zero-order valence-corrected chi connectivity index (χ0v) is 11.1. The number of aliphatic hydroxyl groups is 1. The van der Waals surface area contributed by atoms with Crippen molar-refractivity contribution >= 4 is 0 Å². The number of hydrogen-bond acceptors (Lipinski definition) is 3. The van der Waals surface area contributed by atoms with E-state index in [1.807, 2.05) is 0 Å². The SMILES string of the molecule is CCCn1nc(C)c(CN2CC[C@@H](O)C2)c1C. The maximum Gasteiger partial charge on any atom is 0.0679 e. The van der Waals surface area contributed by atoms with Gasteiger partial charge < -0.3 is 5.11 Å². The van der Waals surface area contributed by atoms with Gasteiger partial charge in [0, 0.05) is 37.4 Å². The van der Waals surface area contributed by atoms with E-state index in [4.69, 9.17) is 0 Å². The average molecular weight is 237 g/mol. The van der Waals surface area contributed by atoms with Crippen molar-refractivity contribution in [2.45, 2.75) is 52.8 Å². The summed E-state index contributed by atoms with van der Waals surface area (Å²) in [4.78, 5) is 2.32. The molecule has 0 bridgehead atoms. The van der Waals surface area contributed by atoms with Crippen LogP contribution in [0.1, 0.15) is 36.7 Å². The first-order valence-electron chi connectivity index (χ1n) is 6.55. The van der Waals surface area contributed by atoms with E-state index in [2.05, 4.69) is 35.5 Å². The van der Waals surface area contributed by atoms with E-state index in [0.29, 0.717) is 0 Å². The molecule has 1 atom stereocenters. The number of likely N-dealkylation sites (tertiary alicyclic amines) is 1. The molecule has 1 aliphatic heterocycles. The van der Waals surface area contributed by atoms with Gasteiger partial charge in [0.2, 0.25) is 0 Å². The van der Waals surface area contributed by atoms with Crippen LogP contribution in [-0.2, 0) is 13.1 Å². The molecule has 0 saturated carbocycles. The fraction of sp³-hybridized carbons (Fsp3) is 0.769. The highest BCUT2D eigenvalue weighted by atomic mass is 16.3. The Bertz CT molecular complexity index is 386. The highest BCUT2D eigenvalue weighted by Crippen LogP contribution is 2.19. The summed E-state index contributed by atoms with van der Waals surface area (Å²) in [7, 11) is 0. The van der Waals surface area contributed by atoms with Crippen molar-refractivity contribution in [1.82, 2.24) is 14.7 Å². The van der Waals surface area contributed by atoms with Gasteiger partial charge in [-0.15, -0.1) is 0 Å². The Labute approximate surface area is 103 Å². The number of hydrogen-bond donors (Lipinski definition) is 1. The van der Waals surface area contributed by atoms with Gasteiger partial charge in [-0.05, 0) is 26.7 Å². The minimum atomic E-state index is -0.138. The zero-order chi connectivity index (χ0) is 12.4. The van der Waals surface area contributed by atoms with Crippen molar-refractivity contribution in [2.24, 2.45) is 0 Å². The molecule has 1 fully saturated rings. The molecule has 0 aromatic carbocycles. The molecule has 2 rings (SSSR count). The molecule has 2 heterocycles. The molecular weight excluding hydrogens is 214 g/mol. The van der Waals surface area contributed by atoms with Crippen LogP contribution >= 0.6 is 0 Å². The quantitative estimate of drug-likeness (QED) is 0.862. The lowest BCUT2D eigenvalue weighted by molar-refractivity contribution is 0.174. The van der Waals surface area contributed by atoms with E-state index < -0.39 is 0 Å². The first-order valence-corrected chi connectivity index (χ1v) is 6.55. The first kappa shape index (κ1) is 12.6. The maximum absolute atomic E-state index is 9.54. The molecule has 0 amide bonds. The summed E-state index contributed by atoms with van der Waals surface area (Å²) in [6.07, 6.45) is 1.88. The lowest BCUT2D eigenvalue weighted by Crippen LogP contribution is -2.22.